The molecule has 1 aliphatic rings. The molecule has 0 aliphatic heterocycles. The standard InChI is InChI=1S/C11H15N5/c1-6-7(2)13-10-14-9(11(12)4-5-11)15-16(10)8(6)3/h4-5,12H2,1-3H3. The first-order valence-corrected chi connectivity index (χ1v) is 5.51. The van der Waals surface area contributed by atoms with Gasteiger partial charge in [0.25, 0.3) is 5.78 Å². The first-order valence-electron chi connectivity index (χ1n) is 5.51. The number of hydrogen-bond donors (Lipinski definition) is 1. The topological polar surface area (TPSA) is 69.1 Å². The fourth-order valence-electron chi connectivity index (χ4n) is 1.82. The number of nitrogens with two attached hydrogens (primary N) is 1. The van der Waals surface area contributed by atoms with E-state index in [9.17, 15) is 0 Å². The van der Waals surface area contributed by atoms with Crippen LogP contribution < -0.4 is 5.73 Å². The third-order valence-electron chi connectivity index (χ3n) is 3.49. The largest absolute Gasteiger partial charge is 0.319 e. The minimum atomic E-state index is -0.290. The van der Waals surface area contributed by atoms with E-state index in [1.54, 1.807) is 4.52 Å². The summed E-state index contributed by atoms with van der Waals surface area (Å²) in [6, 6.07) is 0. The number of rotatable bonds is 1. The summed E-state index contributed by atoms with van der Waals surface area (Å²) in [7, 11) is 0. The van der Waals surface area contributed by atoms with Crippen molar-refractivity contribution in [3.63, 3.8) is 0 Å². The lowest BCUT2D eigenvalue weighted by molar-refractivity contribution is 0.667. The van der Waals surface area contributed by atoms with E-state index >= 15 is 0 Å². The van der Waals surface area contributed by atoms with Crippen molar-refractivity contribution < 1.29 is 0 Å². The minimum Gasteiger partial charge on any atom is -0.319 e. The van der Waals surface area contributed by atoms with E-state index in [-0.39, 0.29) is 5.54 Å². The van der Waals surface area contributed by atoms with Crippen molar-refractivity contribution in [1.82, 2.24) is 19.6 Å². The lowest BCUT2D eigenvalue weighted by atomic mass is 10.2. The van der Waals surface area contributed by atoms with Crippen molar-refractivity contribution in [2.24, 2.45) is 5.73 Å². The molecule has 0 aromatic carbocycles. The van der Waals surface area contributed by atoms with Gasteiger partial charge in [-0.25, -0.2) is 9.50 Å². The van der Waals surface area contributed by atoms with E-state index < -0.39 is 0 Å². The van der Waals surface area contributed by atoms with Crippen LogP contribution >= 0.6 is 0 Å². The second-order valence-electron chi connectivity index (χ2n) is 4.71. The zero-order valence-electron chi connectivity index (χ0n) is 9.78. The molecule has 1 fully saturated rings. The van der Waals surface area contributed by atoms with Gasteiger partial charge < -0.3 is 5.73 Å². The zero-order valence-corrected chi connectivity index (χ0v) is 9.78. The maximum atomic E-state index is 6.09. The number of aromatic nitrogens is 4. The van der Waals surface area contributed by atoms with E-state index in [0.29, 0.717) is 5.78 Å². The van der Waals surface area contributed by atoms with E-state index in [1.807, 2.05) is 20.8 Å². The van der Waals surface area contributed by atoms with Gasteiger partial charge in [-0.3, -0.25) is 0 Å². The summed E-state index contributed by atoms with van der Waals surface area (Å²) in [5.41, 5.74) is 9.05. The third-order valence-corrected chi connectivity index (χ3v) is 3.49. The van der Waals surface area contributed by atoms with Crippen LogP contribution in [0.4, 0.5) is 0 Å². The van der Waals surface area contributed by atoms with Crippen molar-refractivity contribution in [3.05, 3.63) is 22.8 Å². The SMILES string of the molecule is Cc1nc2nc(C3(N)CC3)nn2c(C)c1C. The van der Waals surface area contributed by atoms with Gasteiger partial charge in [0.05, 0.1) is 5.54 Å². The Bertz CT molecular complexity index is 580. The first kappa shape index (κ1) is 9.72. The van der Waals surface area contributed by atoms with Gasteiger partial charge in [-0.05, 0) is 39.2 Å². The summed E-state index contributed by atoms with van der Waals surface area (Å²) < 4.78 is 1.80. The summed E-state index contributed by atoms with van der Waals surface area (Å²) in [5, 5.41) is 4.47. The van der Waals surface area contributed by atoms with Gasteiger partial charge in [0.2, 0.25) is 0 Å². The maximum absolute atomic E-state index is 6.09. The molecule has 5 heteroatoms. The molecule has 16 heavy (non-hydrogen) atoms. The van der Waals surface area contributed by atoms with Gasteiger partial charge in [-0.2, -0.15) is 4.98 Å². The van der Waals surface area contributed by atoms with Crippen molar-refractivity contribution >= 4 is 5.78 Å². The van der Waals surface area contributed by atoms with Crippen LogP contribution in [0.15, 0.2) is 0 Å². The van der Waals surface area contributed by atoms with Gasteiger partial charge in [0.15, 0.2) is 5.82 Å². The molecule has 0 amide bonds. The van der Waals surface area contributed by atoms with E-state index in [0.717, 1.165) is 35.6 Å². The number of fused-ring (bicyclic) bond motifs is 1. The Morgan fingerprint density at radius 3 is 2.50 bits per heavy atom. The molecule has 0 unspecified atom stereocenters. The molecule has 2 N–H and O–H groups in total. The molecule has 3 rings (SSSR count). The lowest BCUT2D eigenvalue weighted by Gasteiger charge is -2.04. The van der Waals surface area contributed by atoms with Crippen LogP contribution in [0.3, 0.4) is 0 Å². The molecule has 0 bridgehead atoms. The molecular weight excluding hydrogens is 202 g/mol. The van der Waals surface area contributed by atoms with Crippen molar-refractivity contribution in [1.29, 1.82) is 0 Å². The molecule has 2 heterocycles. The Balaban J connectivity index is 2.28. The summed E-state index contributed by atoms with van der Waals surface area (Å²) in [6.45, 7) is 6.07. The van der Waals surface area contributed by atoms with Crippen molar-refractivity contribution in [3.8, 4) is 0 Å². The molecule has 0 atom stereocenters. The average Bonchev–Trinajstić information content (AvgIpc) is 2.84. The summed E-state index contributed by atoms with van der Waals surface area (Å²) >= 11 is 0. The molecule has 84 valence electrons. The van der Waals surface area contributed by atoms with Crippen LogP contribution in [0.5, 0.6) is 0 Å². The van der Waals surface area contributed by atoms with E-state index in [2.05, 4.69) is 15.1 Å². The number of hydrogen-bond acceptors (Lipinski definition) is 4. The lowest BCUT2D eigenvalue weighted by Crippen LogP contribution is -2.20. The van der Waals surface area contributed by atoms with Crippen LogP contribution in [0, 0.1) is 20.8 Å². The molecule has 1 saturated carbocycles. The number of nitrogens with zero attached hydrogens (tertiary/aromatic N) is 4. The Morgan fingerprint density at radius 1 is 1.19 bits per heavy atom. The van der Waals surface area contributed by atoms with E-state index in [4.69, 9.17) is 5.73 Å². The normalized spacial score (nSPS) is 18.0. The molecule has 0 saturated heterocycles. The third kappa shape index (κ3) is 1.18. The molecular formula is C11H15N5. The Labute approximate surface area is 93.7 Å². The smallest absolute Gasteiger partial charge is 0.252 e. The first-order chi connectivity index (χ1) is 7.51. The molecule has 0 spiro atoms. The van der Waals surface area contributed by atoms with Gasteiger partial charge in [-0.1, -0.05) is 0 Å². The van der Waals surface area contributed by atoms with Gasteiger partial charge >= 0.3 is 0 Å². The predicted molar refractivity (Wildman–Crippen MR) is 60.1 cm³/mol. The van der Waals surface area contributed by atoms with Gasteiger partial charge in [-0.15, -0.1) is 5.10 Å². The highest BCUT2D eigenvalue weighted by Gasteiger charge is 2.44. The van der Waals surface area contributed by atoms with Crippen molar-refractivity contribution in [2.75, 3.05) is 0 Å². The summed E-state index contributed by atoms with van der Waals surface area (Å²) in [5.74, 6) is 1.39. The molecule has 2 aromatic rings. The molecule has 0 radical (unpaired) electrons. The second-order valence-corrected chi connectivity index (χ2v) is 4.71. The predicted octanol–water partition coefficient (Wildman–Crippen LogP) is 0.997. The van der Waals surface area contributed by atoms with Crippen LogP contribution in [0.2, 0.25) is 0 Å². The van der Waals surface area contributed by atoms with Crippen LogP contribution in [-0.4, -0.2) is 19.6 Å². The highest BCUT2D eigenvalue weighted by molar-refractivity contribution is 5.37. The monoisotopic (exact) mass is 217 g/mol. The van der Waals surface area contributed by atoms with Gasteiger partial charge in [0, 0.05) is 11.4 Å². The fourth-order valence-corrected chi connectivity index (χ4v) is 1.82. The Morgan fingerprint density at radius 2 is 1.88 bits per heavy atom. The quantitative estimate of drug-likeness (QED) is 0.773. The zero-order chi connectivity index (χ0) is 11.5. The summed E-state index contributed by atoms with van der Waals surface area (Å²) in [4.78, 5) is 8.86. The molecule has 2 aromatic heterocycles. The summed E-state index contributed by atoms with van der Waals surface area (Å²) in [6.07, 6.45) is 1.95. The molecule has 1 aliphatic carbocycles. The maximum Gasteiger partial charge on any atom is 0.252 e. The highest BCUT2D eigenvalue weighted by atomic mass is 15.3. The van der Waals surface area contributed by atoms with Crippen LogP contribution in [0.25, 0.3) is 5.78 Å². The van der Waals surface area contributed by atoms with Crippen molar-refractivity contribution in [2.45, 2.75) is 39.2 Å². The minimum absolute atomic E-state index is 0.290. The van der Waals surface area contributed by atoms with Crippen LogP contribution in [0.1, 0.15) is 35.6 Å². The Hall–Kier alpha value is -1.49. The highest BCUT2D eigenvalue weighted by Crippen LogP contribution is 2.40. The second kappa shape index (κ2) is 2.79. The van der Waals surface area contributed by atoms with Gasteiger partial charge in [0.1, 0.15) is 0 Å². The molecule has 5 nitrogen and oxygen atoms in total. The Kier molecular flexibility index (Phi) is 1.70. The van der Waals surface area contributed by atoms with Crippen LogP contribution in [-0.2, 0) is 5.54 Å². The van der Waals surface area contributed by atoms with E-state index in [1.165, 1.54) is 0 Å². The average molecular weight is 217 g/mol. The number of aryl methyl sites for hydroxylation is 2. The fraction of sp³-hybridized carbons (Fsp3) is 0.545.